The minimum atomic E-state index is -0.208. The second kappa shape index (κ2) is 7.06. The van der Waals surface area contributed by atoms with Gasteiger partial charge >= 0.3 is 0 Å². The third-order valence-electron chi connectivity index (χ3n) is 5.79. The molecule has 0 aliphatic rings. The van der Waals surface area contributed by atoms with Gasteiger partial charge in [0.25, 0.3) is 0 Å². The van der Waals surface area contributed by atoms with Gasteiger partial charge in [0, 0.05) is 11.1 Å². The van der Waals surface area contributed by atoms with E-state index in [1.54, 1.807) is 0 Å². The van der Waals surface area contributed by atoms with Gasteiger partial charge in [-0.1, -0.05) is 0 Å². The lowest BCUT2D eigenvalue weighted by atomic mass is 9.84. The average Bonchev–Trinajstić information content (AvgIpc) is 2.58. The molecule has 136 valence electrons. The van der Waals surface area contributed by atoms with Crippen LogP contribution in [0.1, 0.15) is 55.6 Å². The maximum absolute atomic E-state index is 10.3. The molecule has 0 heterocycles. The van der Waals surface area contributed by atoms with Gasteiger partial charge in [0.05, 0.1) is 13.2 Å². The Hall–Kier alpha value is -2.04. The lowest BCUT2D eigenvalue weighted by Crippen LogP contribution is -2.08. The zero-order valence-corrected chi connectivity index (χ0v) is 15.9. The third kappa shape index (κ3) is 3.00. The van der Waals surface area contributed by atoms with Crippen molar-refractivity contribution in [1.82, 2.24) is 0 Å². The zero-order chi connectivity index (χ0) is 19.0. The van der Waals surface area contributed by atoms with Crippen LogP contribution >= 0.6 is 0 Å². The van der Waals surface area contributed by atoms with Crippen LogP contribution in [0.5, 0.6) is 11.5 Å². The molecule has 4 nitrogen and oxygen atoms in total. The molecule has 4 heteroatoms. The van der Waals surface area contributed by atoms with Crippen molar-refractivity contribution >= 4 is 0 Å². The SMILES string of the molecule is Cc1c(C)c(Cc2c(C)c(C)c(O)c(CO)c2C)c(C)c(CO)c1O. The van der Waals surface area contributed by atoms with Gasteiger partial charge in [0.15, 0.2) is 0 Å². The molecule has 2 aromatic carbocycles. The molecule has 0 unspecified atom stereocenters. The largest absolute Gasteiger partial charge is 0.507 e. The highest BCUT2D eigenvalue weighted by Crippen LogP contribution is 2.37. The zero-order valence-electron chi connectivity index (χ0n) is 15.9. The monoisotopic (exact) mass is 344 g/mol. The molecule has 25 heavy (non-hydrogen) atoms. The van der Waals surface area contributed by atoms with Crippen molar-refractivity contribution in [3.8, 4) is 11.5 Å². The molecule has 0 bridgehead atoms. The Morgan fingerprint density at radius 2 is 0.800 bits per heavy atom. The summed E-state index contributed by atoms with van der Waals surface area (Å²) in [6.45, 7) is 11.1. The normalized spacial score (nSPS) is 11.2. The van der Waals surface area contributed by atoms with Crippen LogP contribution in [0, 0.1) is 41.5 Å². The summed E-state index contributed by atoms with van der Waals surface area (Å²) >= 11 is 0. The van der Waals surface area contributed by atoms with Gasteiger partial charge in [-0.3, -0.25) is 0 Å². The number of rotatable bonds is 4. The topological polar surface area (TPSA) is 80.9 Å². The van der Waals surface area contributed by atoms with E-state index in [4.69, 9.17) is 0 Å². The van der Waals surface area contributed by atoms with Crippen LogP contribution in [0.3, 0.4) is 0 Å². The van der Waals surface area contributed by atoms with Crippen molar-refractivity contribution in [2.24, 2.45) is 0 Å². The van der Waals surface area contributed by atoms with Crippen molar-refractivity contribution in [3.05, 3.63) is 55.6 Å². The van der Waals surface area contributed by atoms with E-state index >= 15 is 0 Å². The first-order chi connectivity index (χ1) is 11.7. The summed E-state index contributed by atoms with van der Waals surface area (Å²) in [5, 5.41) is 39.9. The Bertz CT molecular complexity index is 766. The van der Waals surface area contributed by atoms with Crippen LogP contribution in [0.25, 0.3) is 0 Å². The van der Waals surface area contributed by atoms with Gasteiger partial charge in [-0.15, -0.1) is 0 Å². The Kier molecular flexibility index (Phi) is 5.45. The number of aliphatic hydroxyl groups excluding tert-OH is 2. The number of aliphatic hydroxyl groups is 2. The van der Waals surface area contributed by atoms with Crippen LogP contribution in [0.4, 0.5) is 0 Å². The predicted octanol–water partition coefficient (Wildman–Crippen LogP) is 3.52. The standard InChI is InChI=1S/C21H28O4/c1-10-12(3)20(24)18(8-22)14(5)16(10)7-17-11(2)13(4)21(25)19(9-23)15(17)6/h22-25H,7-9H2,1-6H3. The molecule has 0 aliphatic heterocycles. The highest BCUT2D eigenvalue weighted by atomic mass is 16.3. The molecule has 0 saturated carbocycles. The molecule has 2 aromatic rings. The van der Waals surface area contributed by atoms with E-state index in [0.717, 1.165) is 44.5 Å². The van der Waals surface area contributed by atoms with E-state index < -0.39 is 0 Å². The van der Waals surface area contributed by atoms with E-state index in [1.807, 2.05) is 41.5 Å². The van der Waals surface area contributed by atoms with Crippen LogP contribution < -0.4 is 0 Å². The van der Waals surface area contributed by atoms with Crippen LogP contribution in [0.2, 0.25) is 0 Å². The number of hydrogen-bond donors (Lipinski definition) is 4. The van der Waals surface area contributed by atoms with Crippen molar-refractivity contribution in [1.29, 1.82) is 0 Å². The molecule has 0 radical (unpaired) electrons. The van der Waals surface area contributed by atoms with Crippen molar-refractivity contribution in [2.45, 2.75) is 61.2 Å². The van der Waals surface area contributed by atoms with E-state index in [1.165, 1.54) is 0 Å². The molecular formula is C21H28O4. The Labute approximate surface area is 149 Å². The molecular weight excluding hydrogens is 316 g/mol. The van der Waals surface area contributed by atoms with Gasteiger partial charge < -0.3 is 20.4 Å². The van der Waals surface area contributed by atoms with Crippen LogP contribution in [0.15, 0.2) is 0 Å². The fourth-order valence-electron chi connectivity index (χ4n) is 3.64. The lowest BCUT2D eigenvalue weighted by molar-refractivity contribution is 0.274. The Balaban J connectivity index is 2.74. The summed E-state index contributed by atoms with van der Waals surface area (Å²) in [5.74, 6) is 0.320. The third-order valence-corrected chi connectivity index (χ3v) is 5.79. The van der Waals surface area contributed by atoms with Crippen LogP contribution in [-0.2, 0) is 19.6 Å². The van der Waals surface area contributed by atoms with Gasteiger partial charge in [0.1, 0.15) is 11.5 Å². The molecule has 0 amide bonds. The highest BCUT2D eigenvalue weighted by molar-refractivity contribution is 5.58. The predicted molar refractivity (Wildman–Crippen MR) is 99.3 cm³/mol. The van der Waals surface area contributed by atoms with Gasteiger partial charge in [-0.25, -0.2) is 0 Å². The average molecular weight is 344 g/mol. The molecule has 4 N–H and O–H groups in total. The summed E-state index contributed by atoms with van der Waals surface area (Å²) in [6.07, 6.45) is 0.623. The van der Waals surface area contributed by atoms with E-state index in [-0.39, 0.29) is 24.7 Å². The second-order valence-electron chi connectivity index (χ2n) is 6.85. The van der Waals surface area contributed by atoms with E-state index in [2.05, 4.69) is 0 Å². The summed E-state index contributed by atoms with van der Waals surface area (Å²) in [5.41, 5.74) is 8.59. The minimum Gasteiger partial charge on any atom is -0.507 e. The summed E-state index contributed by atoms with van der Waals surface area (Å²) < 4.78 is 0. The van der Waals surface area contributed by atoms with E-state index in [9.17, 15) is 20.4 Å². The number of phenols is 2. The number of aromatic hydroxyl groups is 2. The maximum atomic E-state index is 10.3. The molecule has 0 saturated heterocycles. The fraction of sp³-hybridized carbons (Fsp3) is 0.429. The van der Waals surface area contributed by atoms with Gasteiger partial charge in [-0.2, -0.15) is 0 Å². The molecule has 0 aromatic heterocycles. The summed E-state index contributed by atoms with van der Waals surface area (Å²) in [6, 6.07) is 0. The quantitative estimate of drug-likeness (QED) is 0.684. The smallest absolute Gasteiger partial charge is 0.124 e. The summed E-state index contributed by atoms with van der Waals surface area (Å²) in [7, 11) is 0. The first-order valence-corrected chi connectivity index (χ1v) is 8.49. The number of benzene rings is 2. The molecule has 2 rings (SSSR count). The highest BCUT2D eigenvalue weighted by Gasteiger charge is 2.21. The fourth-order valence-corrected chi connectivity index (χ4v) is 3.64. The van der Waals surface area contributed by atoms with Crippen molar-refractivity contribution < 1.29 is 20.4 Å². The van der Waals surface area contributed by atoms with E-state index in [0.29, 0.717) is 17.5 Å². The van der Waals surface area contributed by atoms with Crippen molar-refractivity contribution in [2.75, 3.05) is 0 Å². The Morgan fingerprint density at radius 1 is 0.480 bits per heavy atom. The molecule has 0 fully saturated rings. The van der Waals surface area contributed by atoms with Crippen molar-refractivity contribution in [3.63, 3.8) is 0 Å². The lowest BCUT2D eigenvalue weighted by Gasteiger charge is -2.22. The summed E-state index contributed by atoms with van der Waals surface area (Å²) in [4.78, 5) is 0. The molecule has 0 aliphatic carbocycles. The number of hydrogen-bond acceptors (Lipinski definition) is 4. The first-order valence-electron chi connectivity index (χ1n) is 8.49. The van der Waals surface area contributed by atoms with Gasteiger partial charge in [-0.05, 0) is 92.5 Å². The first kappa shape index (κ1) is 19.3. The second-order valence-corrected chi connectivity index (χ2v) is 6.85. The maximum Gasteiger partial charge on any atom is 0.124 e. The molecule has 0 spiro atoms. The van der Waals surface area contributed by atoms with Gasteiger partial charge in [0.2, 0.25) is 0 Å². The minimum absolute atomic E-state index is 0.160. The van der Waals surface area contributed by atoms with Crippen LogP contribution in [-0.4, -0.2) is 20.4 Å². The Morgan fingerprint density at radius 3 is 1.08 bits per heavy atom. The molecule has 0 atom stereocenters.